The molecule has 0 aliphatic rings. The Labute approximate surface area is 117 Å². The summed E-state index contributed by atoms with van der Waals surface area (Å²) in [6.45, 7) is 2.35. The Hall–Kier alpha value is -1.83. The third-order valence-electron chi connectivity index (χ3n) is 2.19. The molecule has 0 aliphatic carbocycles. The summed E-state index contributed by atoms with van der Waals surface area (Å²) in [5.74, 6) is -2.28. The summed E-state index contributed by atoms with van der Waals surface area (Å²) in [5, 5.41) is 13.4. The minimum Gasteiger partial charge on any atom is -0.480 e. The number of halogens is 1. The Morgan fingerprint density at radius 1 is 1.37 bits per heavy atom. The fraction of sp³-hybridized carbons (Fsp3) is 0.364. The second-order valence-corrected chi connectivity index (χ2v) is 5.05. The van der Waals surface area contributed by atoms with E-state index >= 15 is 0 Å². The number of aliphatic carboxylic acids is 1. The number of amides is 2. The predicted octanol–water partition coefficient (Wildman–Crippen LogP) is 0.751. The normalized spacial score (nSPS) is 10.9. The van der Waals surface area contributed by atoms with Crippen molar-refractivity contribution in [3.8, 4) is 0 Å². The molecule has 0 radical (unpaired) electrons. The third kappa shape index (κ3) is 4.40. The molecule has 0 fully saturated rings. The molecule has 0 aliphatic heterocycles. The van der Waals surface area contributed by atoms with Crippen molar-refractivity contribution in [2.24, 2.45) is 0 Å². The third-order valence-corrected chi connectivity index (χ3v) is 2.62. The van der Waals surface area contributed by atoms with Gasteiger partial charge in [-0.2, -0.15) is 0 Å². The van der Waals surface area contributed by atoms with E-state index in [1.165, 1.54) is 19.9 Å². The van der Waals surface area contributed by atoms with Crippen LogP contribution in [-0.4, -0.2) is 35.0 Å². The van der Waals surface area contributed by atoms with Crippen LogP contribution >= 0.6 is 15.9 Å². The zero-order chi connectivity index (χ0) is 14.6. The zero-order valence-electron chi connectivity index (χ0n) is 10.3. The minimum absolute atomic E-state index is 0.0529. The van der Waals surface area contributed by atoms with Crippen LogP contribution in [0.2, 0.25) is 0 Å². The maximum atomic E-state index is 11.5. The van der Waals surface area contributed by atoms with E-state index in [0.717, 1.165) is 0 Å². The maximum Gasteiger partial charge on any atom is 0.328 e. The van der Waals surface area contributed by atoms with Gasteiger partial charge in [-0.1, -0.05) is 0 Å². The fourth-order valence-electron chi connectivity index (χ4n) is 1.13. The van der Waals surface area contributed by atoms with Crippen molar-refractivity contribution < 1.29 is 23.9 Å². The van der Waals surface area contributed by atoms with E-state index in [0.29, 0.717) is 4.67 Å². The smallest absolute Gasteiger partial charge is 0.328 e. The molecule has 1 aromatic heterocycles. The zero-order valence-corrected chi connectivity index (χ0v) is 11.9. The first-order valence-corrected chi connectivity index (χ1v) is 6.09. The molecule has 2 amide bonds. The van der Waals surface area contributed by atoms with Crippen molar-refractivity contribution >= 4 is 33.7 Å². The van der Waals surface area contributed by atoms with E-state index in [4.69, 9.17) is 9.52 Å². The standard InChI is InChI=1S/C11H13BrN2O5/c1-11(2,10(17)18)14-8(15)5-13-9(16)6-3-4-7(12)19-6/h3-4H,5H2,1-2H3,(H,13,16)(H,14,15)(H,17,18). The van der Waals surface area contributed by atoms with Crippen LogP contribution in [0.4, 0.5) is 0 Å². The molecule has 0 atom stereocenters. The number of carbonyl (C=O) groups is 3. The van der Waals surface area contributed by atoms with Gasteiger partial charge >= 0.3 is 5.97 Å². The largest absolute Gasteiger partial charge is 0.480 e. The lowest BCUT2D eigenvalue weighted by Crippen LogP contribution is -2.52. The van der Waals surface area contributed by atoms with Gasteiger partial charge in [0, 0.05) is 0 Å². The molecule has 0 saturated carbocycles. The number of carboxylic acid groups (broad SMARTS) is 1. The van der Waals surface area contributed by atoms with Gasteiger partial charge in [-0.25, -0.2) is 4.79 Å². The molecule has 0 unspecified atom stereocenters. The van der Waals surface area contributed by atoms with Crippen molar-refractivity contribution in [1.82, 2.24) is 10.6 Å². The first-order valence-electron chi connectivity index (χ1n) is 5.30. The van der Waals surface area contributed by atoms with Gasteiger partial charge in [-0.15, -0.1) is 0 Å². The van der Waals surface area contributed by atoms with Crippen molar-refractivity contribution in [2.75, 3.05) is 6.54 Å². The van der Waals surface area contributed by atoms with Crippen molar-refractivity contribution in [1.29, 1.82) is 0 Å². The van der Waals surface area contributed by atoms with Crippen LogP contribution in [0.5, 0.6) is 0 Å². The summed E-state index contributed by atoms with van der Waals surface area (Å²) in [5.41, 5.74) is -1.39. The SMILES string of the molecule is CC(C)(NC(=O)CNC(=O)c1ccc(Br)o1)C(=O)O. The second-order valence-electron chi connectivity index (χ2n) is 4.26. The number of furan rings is 1. The van der Waals surface area contributed by atoms with E-state index in [2.05, 4.69) is 26.6 Å². The van der Waals surface area contributed by atoms with Gasteiger partial charge < -0.3 is 20.2 Å². The summed E-state index contributed by atoms with van der Waals surface area (Å²) >= 11 is 3.04. The molecule has 8 heteroatoms. The molecule has 0 aromatic carbocycles. The van der Waals surface area contributed by atoms with Crippen molar-refractivity contribution in [3.05, 3.63) is 22.6 Å². The van der Waals surface area contributed by atoms with Crippen LogP contribution in [0.15, 0.2) is 21.2 Å². The summed E-state index contributed by atoms with van der Waals surface area (Å²) in [4.78, 5) is 33.8. The van der Waals surface area contributed by atoms with Gasteiger partial charge in [0.1, 0.15) is 5.54 Å². The molecule has 0 saturated heterocycles. The fourth-order valence-corrected chi connectivity index (χ4v) is 1.44. The highest BCUT2D eigenvalue weighted by atomic mass is 79.9. The molecule has 1 aromatic rings. The Morgan fingerprint density at radius 3 is 2.47 bits per heavy atom. The molecular formula is C11H13BrN2O5. The Bertz CT molecular complexity index is 509. The van der Waals surface area contributed by atoms with Crippen LogP contribution in [0.25, 0.3) is 0 Å². The van der Waals surface area contributed by atoms with Crippen LogP contribution in [0, 0.1) is 0 Å². The number of carbonyl (C=O) groups excluding carboxylic acids is 2. The van der Waals surface area contributed by atoms with Gasteiger partial charge in [0.2, 0.25) is 5.91 Å². The van der Waals surface area contributed by atoms with Gasteiger partial charge in [-0.3, -0.25) is 9.59 Å². The van der Waals surface area contributed by atoms with Crippen LogP contribution in [-0.2, 0) is 9.59 Å². The molecular weight excluding hydrogens is 320 g/mol. The quantitative estimate of drug-likeness (QED) is 0.737. The lowest BCUT2D eigenvalue weighted by atomic mass is 10.1. The first-order chi connectivity index (χ1) is 8.72. The summed E-state index contributed by atoms with van der Waals surface area (Å²) in [7, 11) is 0. The summed E-state index contributed by atoms with van der Waals surface area (Å²) < 4.78 is 5.39. The van der Waals surface area contributed by atoms with Crippen molar-refractivity contribution in [2.45, 2.75) is 19.4 Å². The average molecular weight is 333 g/mol. The van der Waals surface area contributed by atoms with E-state index < -0.39 is 23.3 Å². The summed E-state index contributed by atoms with van der Waals surface area (Å²) in [6, 6.07) is 2.99. The molecule has 1 heterocycles. The highest BCUT2D eigenvalue weighted by molar-refractivity contribution is 9.10. The number of hydrogen-bond acceptors (Lipinski definition) is 4. The van der Waals surface area contributed by atoms with Gasteiger partial charge in [0.05, 0.1) is 6.54 Å². The minimum atomic E-state index is -1.39. The molecule has 1 rings (SSSR count). The highest BCUT2D eigenvalue weighted by Crippen LogP contribution is 2.13. The van der Waals surface area contributed by atoms with Crippen molar-refractivity contribution in [3.63, 3.8) is 0 Å². The Kier molecular flexibility index (Phi) is 4.71. The topological polar surface area (TPSA) is 109 Å². The number of hydrogen-bond donors (Lipinski definition) is 3. The predicted molar refractivity (Wildman–Crippen MR) is 68.6 cm³/mol. The molecule has 19 heavy (non-hydrogen) atoms. The van der Waals surface area contributed by atoms with Crippen LogP contribution in [0.3, 0.4) is 0 Å². The van der Waals surface area contributed by atoms with Gasteiger partial charge in [-0.05, 0) is 41.9 Å². The van der Waals surface area contributed by atoms with Gasteiger partial charge in [0.25, 0.3) is 5.91 Å². The number of carboxylic acids is 1. The van der Waals surface area contributed by atoms with E-state index in [1.54, 1.807) is 6.07 Å². The van der Waals surface area contributed by atoms with Gasteiger partial charge in [0.15, 0.2) is 10.4 Å². The lowest BCUT2D eigenvalue weighted by Gasteiger charge is -2.20. The molecule has 3 N–H and O–H groups in total. The number of nitrogens with one attached hydrogen (secondary N) is 2. The maximum absolute atomic E-state index is 11.5. The first kappa shape index (κ1) is 15.2. The number of rotatable bonds is 5. The van der Waals surface area contributed by atoms with Crippen LogP contribution in [0.1, 0.15) is 24.4 Å². The van der Waals surface area contributed by atoms with E-state index in [1.807, 2.05) is 0 Å². The monoisotopic (exact) mass is 332 g/mol. The Morgan fingerprint density at radius 2 is 2.00 bits per heavy atom. The van der Waals surface area contributed by atoms with Crippen LogP contribution < -0.4 is 10.6 Å². The van der Waals surface area contributed by atoms with E-state index in [-0.39, 0.29) is 12.3 Å². The summed E-state index contributed by atoms with van der Waals surface area (Å²) in [6.07, 6.45) is 0. The Balaban J connectivity index is 2.47. The average Bonchev–Trinajstić information content (AvgIpc) is 2.72. The second kappa shape index (κ2) is 5.87. The highest BCUT2D eigenvalue weighted by Gasteiger charge is 2.28. The molecule has 0 spiro atoms. The lowest BCUT2D eigenvalue weighted by molar-refractivity contribution is -0.145. The molecule has 7 nitrogen and oxygen atoms in total. The molecule has 0 bridgehead atoms. The van der Waals surface area contributed by atoms with E-state index in [9.17, 15) is 14.4 Å². The molecule has 104 valence electrons.